The molecule has 0 aliphatic heterocycles. The van der Waals surface area contributed by atoms with Gasteiger partial charge < -0.3 is 4.42 Å². The number of carbonyl (C=O) groups is 2. The summed E-state index contributed by atoms with van der Waals surface area (Å²) < 4.78 is 5.87. The molecule has 1 heterocycles. The van der Waals surface area contributed by atoms with Crippen LogP contribution in [0.4, 0.5) is 0 Å². The van der Waals surface area contributed by atoms with E-state index in [0.29, 0.717) is 0 Å². The number of fused-ring (bicyclic) bond motifs is 7. The minimum absolute atomic E-state index is 0.0568. The Morgan fingerprint density at radius 2 is 1.74 bits per heavy atom. The van der Waals surface area contributed by atoms with Crippen molar-refractivity contribution in [1.82, 2.24) is 4.98 Å². The number of halogens is 1. The average Bonchev–Trinajstić information content (AvgIpc) is 3.31. The highest BCUT2D eigenvalue weighted by molar-refractivity contribution is 14.1. The lowest BCUT2D eigenvalue weighted by atomic mass is 9.34. The highest BCUT2D eigenvalue weighted by atomic mass is 127. The molecule has 0 N–H and O–H groups in total. The van der Waals surface area contributed by atoms with E-state index in [2.05, 4.69) is 61.3 Å². The summed E-state index contributed by atoms with van der Waals surface area (Å²) in [7, 11) is 0. The fourth-order valence-electron chi connectivity index (χ4n) is 10.3. The highest BCUT2D eigenvalue weighted by Gasteiger charge is 2.69. The van der Waals surface area contributed by atoms with Crippen molar-refractivity contribution in [2.75, 3.05) is 0 Å². The summed E-state index contributed by atoms with van der Waals surface area (Å²) in [6, 6.07) is 2.20. The maximum Gasteiger partial charge on any atom is 0.210 e. The van der Waals surface area contributed by atoms with E-state index in [4.69, 9.17) is 4.42 Å². The first-order valence-corrected chi connectivity index (χ1v) is 15.7. The van der Waals surface area contributed by atoms with Gasteiger partial charge in [-0.2, -0.15) is 5.26 Å². The lowest BCUT2D eigenvalue weighted by Gasteiger charge is -2.69. The predicted octanol–water partition coefficient (Wildman–Crippen LogP) is 7.83. The summed E-state index contributed by atoms with van der Waals surface area (Å²) in [5.74, 6) is 2.08. The van der Waals surface area contributed by atoms with Crippen LogP contribution in [-0.2, 0) is 13.0 Å². The molecule has 1 aromatic heterocycles. The Morgan fingerprint density at radius 1 is 1.05 bits per heavy atom. The van der Waals surface area contributed by atoms with E-state index < -0.39 is 10.8 Å². The molecule has 3 saturated carbocycles. The molecule has 6 heteroatoms. The molecule has 5 nitrogen and oxygen atoms in total. The third-order valence-electron chi connectivity index (χ3n) is 12.8. The summed E-state index contributed by atoms with van der Waals surface area (Å²) in [6.07, 6.45) is 12.7. The molecule has 5 aliphatic rings. The number of nitrogens with zero attached hydrogens (tertiary/aromatic N) is 2. The molecule has 208 valence electrons. The van der Waals surface area contributed by atoms with Gasteiger partial charge in [-0.15, -0.1) is 0 Å². The number of allylic oxidation sites excluding steroid dienone is 4. The first kappa shape index (κ1) is 27.4. The average molecular weight is 641 g/mol. The monoisotopic (exact) mass is 640 g/mol. The lowest BCUT2D eigenvalue weighted by molar-refractivity contribution is -0.163. The number of Topliss-reactive ketones (excluding diaryl/α,β-unsaturated/α-hetero) is 1. The van der Waals surface area contributed by atoms with Crippen LogP contribution in [0, 0.1) is 63.1 Å². The zero-order valence-corrected chi connectivity index (χ0v) is 26.6. The number of ketones is 2. The molecule has 1 aromatic rings. The van der Waals surface area contributed by atoms with E-state index >= 15 is 0 Å². The van der Waals surface area contributed by atoms with Gasteiger partial charge in [0.25, 0.3) is 0 Å². The molecule has 8 atom stereocenters. The number of aromatic nitrogens is 1. The van der Waals surface area contributed by atoms with E-state index in [-0.39, 0.29) is 54.6 Å². The summed E-state index contributed by atoms with van der Waals surface area (Å²) in [4.78, 5) is 32.4. The third-order valence-corrected chi connectivity index (χ3v) is 14.2. The zero-order chi connectivity index (χ0) is 28.4. The molecule has 0 saturated heterocycles. The fraction of sp³-hybridized carbons (Fsp3) is 0.697. The van der Waals surface area contributed by atoms with Crippen LogP contribution in [0.1, 0.15) is 98.1 Å². The van der Waals surface area contributed by atoms with Crippen LogP contribution in [0.2, 0.25) is 0 Å². The van der Waals surface area contributed by atoms with Gasteiger partial charge in [0, 0.05) is 16.7 Å². The van der Waals surface area contributed by atoms with Gasteiger partial charge in [0.1, 0.15) is 11.8 Å². The van der Waals surface area contributed by atoms with Gasteiger partial charge in [0.2, 0.25) is 5.89 Å². The van der Waals surface area contributed by atoms with Crippen molar-refractivity contribution < 1.29 is 14.0 Å². The standard InChI is InChI=1S/C33H41IN2O3/c1-19-18-36-27(39-19)33(34)13-11-29(4)10-12-32(7)25(21(29)16-33)22(37)14-24-30(5)15-20(17-35)26(38)28(2,3)23(30)8-9-31(24,32)6/h14-15,18,21,23,25H,8-13,16H2,1-7H3/t21-,23-,25-,29-,30-,31+,32+,33+/m0/s1. The summed E-state index contributed by atoms with van der Waals surface area (Å²) >= 11 is 2.57. The molecule has 0 bridgehead atoms. The van der Waals surface area contributed by atoms with Crippen molar-refractivity contribution in [3.05, 3.63) is 41.1 Å². The van der Waals surface area contributed by atoms with Crippen LogP contribution in [0.25, 0.3) is 0 Å². The van der Waals surface area contributed by atoms with Crippen molar-refractivity contribution in [3.63, 3.8) is 0 Å². The molecule has 6 rings (SSSR count). The molecule has 0 amide bonds. The maximum absolute atomic E-state index is 14.5. The minimum Gasteiger partial charge on any atom is -0.445 e. The Bertz CT molecular complexity index is 1400. The number of aryl methyl sites for hydroxylation is 1. The second kappa shape index (κ2) is 8.17. The summed E-state index contributed by atoms with van der Waals surface area (Å²) in [5.41, 5.74) is 0.0218. The molecule has 0 aromatic carbocycles. The molecule has 0 radical (unpaired) electrons. The molecular formula is C33H41IN2O3. The fourth-order valence-corrected chi connectivity index (χ4v) is 11.3. The second-order valence-electron chi connectivity index (χ2n) is 15.0. The summed E-state index contributed by atoms with van der Waals surface area (Å²) in [5, 5.41) is 9.91. The van der Waals surface area contributed by atoms with Gasteiger partial charge in [0.05, 0.1) is 15.2 Å². The van der Waals surface area contributed by atoms with Crippen LogP contribution in [0.3, 0.4) is 0 Å². The molecule has 5 aliphatic carbocycles. The van der Waals surface area contributed by atoms with Gasteiger partial charge in [-0.05, 0) is 86.0 Å². The largest absolute Gasteiger partial charge is 0.445 e. The molecular weight excluding hydrogens is 599 g/mol. The zero-order valence-electron chi connectivity index (χ0n) is 24.4. The Hall–Kier alpha value is -1.75. The minimum atomic E-state index is -0.638. The molecule has 0 unspecified atom stereocenters. The van der Waals surface area contributed by atoms with Crippen LogP contribution in [-0.4, -0.2) is 16.6 Å². The van der Waals surface area contributed by atoms with Crippen LogP contribution >= 0.6 is 22.6 Å². The van der Waals surface area contributed by atoms with E-state index in [1.807, 2.05) is 39.1 Å². The molecule has 0 spiro atoms. The summed E-state index contributed by atoms with van der Waals surface area (Å²) in [6.45, 7) is 15.3. The third kappa shape index (κ3) is 3.37. The lowest BCUT2D eigenvalue weighted by Crippen LogP contribution is -2.64. The number of alkyl halides is 1. The number of rotatable bonds is 1. The quantitative estimate of drug-likeness (QED) is 0.231. The Morgan fingerprint density at radius 3 is 2.38 bits per heavy atom. The SMILES string of the molecule is Cc1cnc([C@@]2(I)CC[C@]3(C)CC[C@]4(C)[C@H](C(=O)C=C5[C@@]6(C)C=C(C#N)C(=O)C(C)(C)[C@@H]6CC[C@]54C)[C@@H]3C2)o1. The van der Waals surface area contributed by atoms with Gasteiger partial charge in [-0.3, -0.25) is 9.59 Å². The number of hydrogen-bond acceptors (Lipinski definition) is 5. The number of carbonyl (C=O) groups excluding carboxylic acids is 2. The van der Waals surface area contributed by atoms with E-state index in [1.54, 1.807) is 0 Å². The van der Waals surface area contributed by atoms with Gasteiger partial charge in [0.15, 0.2) is 11.6 Å². The van der Waals surface area contributed by atoms with Crippen molar-refractivity contribution in [2.24, 2.45) is 44.8 Å². The van der Waals surface area contributed by atoms with Gasteiger partial charge >= 0.3 is 0 Å². The van der Waals surface area contributed by atoms with Crippen molar-refractivity contribution >= 4 is 34.2 Å². The highest BCUT2D eigenvalue weighted by Crippen LogP contribution is 2.74. The van der Waals surface area contributed by atoms with Crippen LogP contribution in [0.5, 0.6) is 0 Å². The smallest absolute Gasteiger partial charge is 0.210 e. The van der Waals surface area contributed by atoms with Gasteiger partial charge in [-0.25, -0.2) is 4.98 Å². The normalized spacial score (nSPS) is 46.6. The molecule has 3 fully saturated rings. The Kier molecular flexibility index (Phi) is 5.74. The first-order chi connectivity index (χ1) is 18.1. The maximum atomic E-state index is 14.5. The van der Waals surface area contributed by atoms with E-state index in [0.717, 1.165) is 62.2 Å². The Balaban J connectivity index is 1.48. The van der Waals surface area contributed by atoms with Gasteiger partial charge in [-0.1, -0.05) is 75.8 Å². The van der Waals surface area contributed by atoms with Crippen molar-refractivity contribution in [3.8, 4) is 6.07 Å². The number of hydrogen-bond donors (Lipinski definition) is 0. The number of oxazole rings is 1. The predicted molar refractivity (Wildman–Crippen MR) is 158 cm³/mol. The van der Waals surface area contributed by atoms with E-state index in [1.165, 1.54) is 0 Å². The van der Waals surface area contributed by atoms with Crippen LogP contribution < -0.4 is 0 Å². The van der Waals surface area contributed by atoms with Crippen molar-refractivity contribution in [1.29, 1.82) is 5.26 Å². The first-order valence-electron chi connectivity index (χ1n) is 14.6. The second-order valence-corrected chi connectivity index (χ2v) is 17.1. The van der Waals surface area contributed by atoms with E-state index in [9.17, 15) is 14.9 Å². The Labute approximate surface area is 246 Å². The van der Waals surface area contributed by atoms with Crippen molar-refractivity contribution in [2.45, 2.75) is 96.8 Å². The van der Waals surface area contributed by atoms with Crippen LogP contribution in [0.15, 0.2) is 33.9 Å². The number of nitriles is 1. The molecule has 39 heavy (non-hydrogen) atoms. The topological polar surface area (TPSA) is 84.0 Å².